The third kappa shape index (κ3) is 10.4. The molecule has 0 aliphatic carbocycles. The van der Waals surface area contributed by atoms with Crippen molar-refractivity contribution < 1.29 is 29.0 Å². The van der Waals surface area contributed by atoms with Gasteiger partial charge in [-0.25, -0.2) is 24.9 Å². The number of nitrogens with zero attached hydrogens (tertiary/aromatic N) is 9. The SMILES string of the molecule is N#Cc1ccc2c(c1)c1cc(C#N)ccc1n2-c1cccc(-n2c3ccccc3c3ccccc32)n1.[Li+].[O-]c1cccc2ccc[nH+]c12.c1ccc2cc(-c3nc(-c4ccc(-c5cccc6cccnc56)cc4)nc(-c4ccc5ccccc5c4)n3)ccc2c1. The number of nitrogens with one attached hydrogen (secondary N) is 1. The average molecular weight is 1150 g/mol. The first-order valence-corrected chi connectivity index (χ1v) is 29.0. The van der Waals surface area contributed by atoms with E-state index in [4.69, 9.17) is 19.9 Å². The molecule has 90 heavy (non-hydrogen) atoms. The van der Waals surface area contributed by atoms with Gasteiger partial charge in [0, 0.05) is 66.8 Å². The smallest absolute Gasteiger partial charge is 0.868 e. The van der Waals surface area contributed by atoms with Crippen LogP contribution in [0.25, 0.3) is 144 Å². The number of hydrogen-bond acceptors (Lipinski definition) is 8. The largest absolute Gasteiger partial charge is 1.00 e. The second-order valence-corrected chi connectivity index (χ2v) is 21.5. The number of para-hydroxylation sites is 4. The summed E-state index contributed by atoms with van der Waals surface area (Å²) in [4.78, 5) is 27.6. The summed E-state index contributed by atoms with van der Waals surface area (Å²) in [5.74, 6) is 3.57. The molecule has 0 saturated heterocycles. The van der Waals surface area contributed by atoms with E-state index in [1.165, 1.54) is 21.5 Å². The van der Waals surface area contributed by atoms with Crippen molar-refractivity contribution in [1.29, 1.82) is 10.5 Å². The Labute approximate surface area is 528 Å². The molecule has 0 fully saturated rings. The molecule has 0 aliphatic rings. The topological polar surface area (TPSA) is 159 Å². The summed E-state index contributed by atoms with van der Waals surface area (Å²) in [5.41, 5.74) is 11.9. The molecule has 1 N–H and O–H groups in total. The Morgan fingerprint density at radius 2 is 0.811 bits per heavy atom. The second kappa shape index (κ2) is 24.0. The first-order valence-electron chi connectivity index (χ1n) is 29.0. The number of fused-ring (bicyclic) bond motifs is 10. The monoisotopic (exact) mass is 1150 g/mol. The second-order valence-electron chi connectivity index (χ2n) is 21.5. The number of hydrogen-bond donors (Lipinski definition) is 0. The minimum atomic E-state index is 0. The van der Waals surface area contributed by atoms with Gasteiger partial charge in [0.1, 0.15) is 11.6 Å². The standard InChI is InChI=1S/C38H24N4.C31H17N5.C9H7NO.Li/c1-3-9-30-23-32(20-14-25(30)7-1)37-40-36(41-38(42-37)33-21-15-26-8-2-4-10-31(26)24-33)29-18-16-27(17-19-29)34-13-5-11-28-12-6-22-39-35(28)34;32-18-20-12-14-28-24(16-20)25-17-21(19-33)13-15-29(25)36(28)31-11-5-10-30(34-31)35-26-8-3-1-6-22(26)23-7-2-4-9-27(23)35;11-8-5-1-3-7-4-2-6-10-9(7)8;/h1-24H;1-17H;1-6,11H;/q;;;+1. The van der Waals surface area contributed by atoms with Crippen molar-refractivity contribution in [2.24, 2.45) is 0 Å². The molecule has 0 saturated carbocycles. The molecule has 0 bridgehead atoms. The molecule has 0 unspecified atom stereocenters. The van der Waals surface area contributed by atoms with E-state index >= 15 is 0 Å². The van der Waals surface area contributed by atoms with Crippen LogP contribution in [0, 0.1) is 22.7 Å². The van der Waals surface area contributed by atoms with Crippen molar-refractivity contribution in [3.63, 3.8) is 0 Å². The summed E-state index contributed by atoms with van der Waals surface area (Å²) in [5, 5.41) is 41.1. The van der Waals surface area contributed by atoms with Crippen LogP contribution in [-0.2, 0) is 0 Å². The zero-order valence-corrected chi connectivity index (χ0v) is 48.6. The van der Waals surface area contributed by atoms with Crippen LogP contribution in [0.1, 0.15) is 11.1 Å². The Morgan fingerprint density at radius 1 is 0.356 bits per heavy atom. The van der Waals surface area contributed by atoms with Crippen molar-refractivity contribution in [3.8, 4) is 74.8 Å². The maximum atomic E-state index is 11.1. The van der Waals surface area contributed by atoms with Gasteiger partial charge in [0.25, 0.3) is 0 Å². The summed E-state index contributed by atoms with van der Waals surface area (Å²) in [6.45, 7) is 0. The molecule has 11 nitrogen and oxygen atoms in total. The van der Waals surface area contributed by atoms with Gasteiger partial charge >= 0.3 is 18.9 Å². The molecule has 6 aromatic heterocycles. The van der Waals surface area contributed by atoms with Gasteiger partial charge in [-0.15, -0.1) is 0 Å². The van der Waals surface area contributed by atoms with E-state index in [1.54, 1.807) is 18.3 Å². The van der Waals surface area contributed by atoms with Gasteiger partial charge in [-0.2, -0.15) is 10.5 Å². The summed E-state index contributed by atoms with van der Waals surface area (Å²) in [7, 11) is 0. The number of pyridine rings is 3. The zero-order valence-electron chi connectivity index (χ0n) is 48.6. The molecule has 416 valence electrons. The van der Waals surface area contributed by atoms with Crippen molar-refractivity contribution in [2.75, 3.05) is 0 Å². The van der Waals surface area contributed by atoms with Crippen LogP contribution < -0.4 is 29.0 Å². The van der Waals surface area contributed by atoms with Gasteiger partial charge in [-0.1, -0.05) is 176 Å². The number of aromatic amines is 1. The quantitative estimate of drug-likeness (QED) is 0.149. The van der Waals surface area contributed by atoms with Crippen LogP contribution >= 0.6 is 0 Å². The van der Waals surface area contributed by atoms with Crippen molar-refractivity contribution in [2.45, 2.75) is 0 Å². The van der Waals surface area contributed by atoms with E-state index in [9.17, 15) is 15.6 Å². The fraction of sp³-hybridized carbons (Fsp3) is 0. The molecular formula is C78H48LiN10O+. The minimum absolute atomic E-state index is 0. The molecule has 6 heterocycles. The average Bonchev–Trinajstić information content (AvgIpc) is 1.61. The van der Waals surface area contributed by atoms with Gasteiger partial charge in [0.05, 0.1) is 50.8 Å². The van der Waals surface area contributed by atoms with Gasteiger partial charge < -0.3 is 5.11 Å². The van der Waals surface area contributed by atoms with Gasteiger partial charge in [-0.3, -0.25) is 14.1 Å². The van der Waals surface area contributed by atoms with Crippen LogP contribution in [0.2, 0.25) is 0 Å². The normalized spacial score (nSPS) is 11.0. The van der Waals surface area contributed by atoms with Crippen LogP contribution in [0.15, 0.2) is 285 Å². The third-order valence-corrected chi connectivity index (χ3v) is 16.2. The molecule has 0 amide bonds. The van der Waals surface area contributed by atoms with Gasteiger partial charge in [0.2, 0.25) is 5.52 Å². The summed E-state index contributed by atoms with van der Waals surface area (Å²) in [6, 6.07) is 95.7. The predicted molar refractivity (Wildman–Crippen MR) is 354 cm³/mol. The summed E-state index contributed by atoms with van der Waals surface area (Å²) in [6.07, 6.45) is 3.59. The number of H-pyrrole nitrogens is 1. The fourth-order valence-electron chi connectivity index (χ4n) is 11.9. The van der Waals surface area contributed by atoms with Crippen LogP contribution in [0.4, 0.5) is 0 Å². The molecule has 0 atom stereocenters. The van der Waals surface area contributed by atoms with Crippen LogP contribution in [-0.4, -0.2) is 34.1 Å². The summed E-state index contributed by atoms with van der Waals surface area (Å²) >= 11 is 0. The Morgan fingerprint density at radius 3 is 1.39 bits per heavy atom. The molecule has 0 radical (unpaired) electrons. The van der Waals surface area contributed by atoms with E-state index in [-0.39, 0.29) is 24.6 Å². The maximum Gasteiger partial charge on any atom is 1.00 e. The number of rotatable bonds is 6. The molecule has 12 heteroatoms. The first-order chi connectivity index (χ1) is 43.9. The van der Waals surface area contributed by atoms with E-state index in [1.807, 2.05) is 97.2 Å². The Kier molecular flexibility index (Phi) is 14.9. The molecule has 17 rings (SSSR count). The maximum absolute atomic E-state index is 11.1. The van der Waals surface area contributed by atoms with Crippen LogP contribution in [0.5, 0.6) is 5.75 Å². The third-order valence-electron chi connectivity index (χ3n) is 16.2. The first kappa shape index (κ1) is 55.7. The van der Waals surface area contributed by atoms with Crippen LogP contribution in [0.3, 0.4) is 0 Å². The molecule has 17 aromatic rings. The van der Waals surface area contributed by atoms with Crippen molar-refractivity contribution in [1.82, 2.24) is 34.1 Å². The van der Waals surface area contributed by atoms with Crippen molar-refractivity contribution >= 4 is 87.0 Å². The predicted octanol–water partition coefficient (Wildman–Crippen LogP) is 14.1. The molecule has 0 aliphatic heterocycles. The zero-order chi connectivity index (χ0) is 59.8. The van der Waals surface area contributed by atoms with Gasteiger partial charge in [-0.05, 0) is 124 Å². The number of benzene rings is 11. The molecular weight excluding hydrogens is 1100 g/mol. The number of aromatic nitrogens is 8. The van der Waals surface area contributed by atoms with E-state index in [2.05, 4.69) is 201 Å². The Bertz CT molecular complexity index is 5470. The Hall–Kier alpha value is -12.1. The van der Waals surface area contributed by atoms with E-state index in [0.29, 0.717) is 34.1 Å². The van der Waals surface area contributed by atoms with Gasteiger partial charge in [0.15, 0.2) is 23.7 Å². The van der Waals surface area contributed by atoms with Crippen molar-refractivity contribution in [3.05, 3.63) is 297 Å². The van der Waals surface area contributed by atoms with E-state index < -0.39 is 0 Å². The number of nitriles is 2. The van der Waals surface area contributed by atoms with E-state index in [0.717, 1.165) is 99.4 Å². The minimum Gasteiger partial charge on any atom is -0.868 e. The Balaban J connectivity index is 0.000000134. The fourth-order valence-corrected chi connectivity index (χ4v) is 11.9. The molecule has 11 aromatic carbocycles. The molecule has 0 spiro atoms. The summed E-state index contributed by atoms with van der Waals surface area (Å²) < 4.78 is 4.30.